The number of carbonyl (C=O) groups is 1. The molecule has 8 heteroatoms. The first-order chi connectivity index (χ1) is 10.4. The van der Waals surface area contributed by atoms with Crippen LogP contribution in [-0.2, 0) is 10.1 Å². The van der Waals surface area contributed by atoms with Crippen molar-refractivity contribution in [1.82, 2.24) is 0 Å². The molecule has 7 nitrogen and oxygen atoms in total. The summed E-state index contributed by atoms with van der Waals surface area (Å²) < 4.78 is 31.0. The second-order valence-electron chi connectivity index (χ2n) is 4.27. The van der Waals surface area contributed by atoms with Crippen molar-refractivity contribution in [3.8, 4) is 6.07 Å². The minimum absolute atomic E-state index is 0.210. The Morgan fingerprint density at radius 3 is 2.27 bits per heavy atom. The van der Waals surface area contributed by atoms with Gasteiger partial charge in [-0.2, -0.15) is 13.7 Å². The minimum atomic E-state index is -4.33. The average molecular weight is 317 g/mol. The molecule has 112 valence electrons. The lowest BCUT2D eigenvalue weighted by atomic mass is 10.2. The molecule has 0 atom stereocenters. The molecule has 0 unspecified atom stereocenters. The summed E-state index contributed by atoms with van der Waals surface area (Å²) in [5, 5.41) is 13.6. The van der Waals surface area contributed by atoms with Crippen LogP contribution in [0.5, 0.6) is 0 Å². The Bertz CT molecular complexity index is 839. The van der Waals surface area contributed by atoms with E-state index < -0.39 is 16.1 Å². The lowest BCUT2D eigenvalue weighted by Gasteiger charge is -2.08. The molecule has 0 aromatic heterocycles. The van der Waals surface area contributed by atoms with Gasteiger partial charge < -0.3 is 10.6 Å². The number of hydrogen-bond donors (Lipinski definition) is 3. The maximum atomic E-state index is 11.8. The SMILES string of the molecule is N#Cc1ccc(NC(=O)Nc2cccc(S(=O)(=O)O)c2)cc1. The third kappa shape index (κ3) is 4.05. The normalized spacial score (nSPS) is 10.5. The summed E-state index contributed by atoms with van der Waals surface area (Å²) in [5.41, 5.74) is 1.15. The second kappa shape index (κ2) is 6.26. The predicted molar refractivity (Wildman–Crippen MR) is 80.1 cm³/mol. The van der Waals surface area contributed by atoms with E-state index in [1.54, 1.807) is 24.3 Å². The summed E-state index contributed by atoms with van der Waals surface area (Å²) in [7, 11) is -4.33. The van der Waals surface area contributed by atoms with Gasteiger partial charge in [0, 0.05) is 11.4 Å². The standard InChI is InChI=1S/C14H11N3O4S/c15-9-10-4-6-11(7-5-10)16-14(18)17-12-2-1-3-13(8-12)22(19,20)21/h1-8H,(H2,16,17,18)(H,19,20,21). The van der Waals surface area contributed by atoms with Crippen LogP contribution in [0.25, 0.3) is 0 Å². The molecule has 0 spiro atoms. The van der Waals surface area contributed by atoms with Gasteiger partial charge in [0.25, 0.3) is 10.1 Å². The number of benzene rings is 2. The van der Waals surface area contributed by atoms with Gasteiger partial charge in [-0.25, -0.2) is 4.79 Å². The van der Waals surface area contributed by atoms with E-state index in [1.807, 2.05) is 6.07 Å². The molecule has 0 heterocycles. The van der Waals surface area contributed by atoms with E-state index in [2.05, 4.69) is 10.6 Å². The number of nitrogens with zero attached hydrogens (tertiary/aromatic N) is 1. The fraction of sp³-hybridized carbons (Fsp3) is 0. The van der Waals surface area contributed by atoms with E-state index in [1.165, 1.54) is 18.2 Å². The summed E-state index contributed by atoms with van der Waals surface area (Å²) in [5.74, 6) is 0. The molecular weight excluding hydrogens is 306 g/mol. The zero-order valence-corrected chi connectivity index (χ0v) is 12.0. The van der Waals surface area contributed by atoms with Gasteiger partial charge in [-0.1, -0.05) is 6.07 Å². The van der Waals surface area contributed by atoms with E-state index in [9.17, 15) is 13.2 Å². The Morgan fingerprint density at radius 2 is 1.68 bits per heavy atom. The van der Waals surface area contributed by atoms with Crippen molar-refractivity contribution in [2.45, 2.75) is 4.90 Å². The van der Waals surface area contributed by atoms with Crippen molar-refractivity contribution in [2.75, 3.05) is 10.6 Å². The highest BCUT2D eigenvalue weighted by Gasteiger charge is 2.10. The Morgan fingerprint density at radius 1 is 1.05 bits per heavy atom. The van der Waals surface area contributed by atoms with Crippen LogP contribution in [0, 0.1) is 11.3 Å². The van der Waals surface area contributed by atoms with Crippen LogP contribution < -0.4 is 10.6 Å². The molecule has 0 aliphatic rings. The number of rotatable bonds is 3. The molecule has 0 aliphatic carbocycles. The van der Waals surface area contributed by atoms with E-state index in [4.69, 9.17) is 9.81 Å². The van der Waals surface area contributed by atoms with Crippen LogP contribution in [0.4, 0.5) is 16.2 Å². The fourth-order valence-electron chi connectivity index (χ4n) is 1.66. The van der Waals surface area contributed by atoms with Gasteiger partial charge in [-0.3, -0.25) is 4.55 Å². The largest absolute Gasteiger partial charge is 0.323 e. The number of nitrogens with one attached hydrogen (secondary N) is 2. The van der Waals surface area contributed by atoms with E-state index >= 15 is 0 Å². The number of amides is 2. The van der Waals surface area contributed by atoms with Crippen molar-refractivity contribution in [1.29, 1.82) is 5.26 Å². The summed E-state index contributed by atoms with van der Waals surface area (Å²) in [6.07, 6.45) is 0. The summed E-state index contributed by atoms with van der Waals surface area (Å²) >= 11 is 0. The lowest BCUT2D eigenvalue weighted by molar-refractivity contribution is 0.262. The van der Waals surface area contributed by atoms with Gasteiger partial charge in [-0.15, -0.1) is 0 Å². The summed E-state index contributed by atoms with van der Waals surface area (Å²) in [4.78, 5) is 11.5. The highest BCUT2D eigenvalue weighted by atomic mass is 32.2. The van der Waals surface area contributed by atoms with Crippen molar-refractivity contribution >= 4 is 27.5 Å². The third-order valence-electron chi connectivity index (χ3n) is 2.66. The number of anilines is 2. The van der Waals surface area contributed by atoms with E-state index in [0.717, 1.165) is 6.07 Å². The Hall–Kier alpha value is -2.89. The van der Waals surface area contributed by atoms with Crippen molar-refractivity contribution in [2.24, 2.45) is 0 Å². The smallest absolute Gasteiger partial charge is 0.308 e. The predicted octanol–water partition coefficient (Wildman–Crippen LogP) is 2.45. The van der Waals surface area contributed by atoms with Crippen LogP contribution in [0.15, 0.2) is 53.4 Å². The number of hydrogen-bond acceptors (Lipinski definition) is 4. The van der Waals surface area contributed by atoms with E-state index in [0.29, 0.717) is 11.3 Å². The van der Waals surface area contributed by atoms with Crippen molar-refractivity contribution in [3.63, 3.8) is 0 Å². The molecule has 2 amide bonds. The number of urea groups is 1. The quantitative estimate of drug-likeness (QED) is 0.751. The molecule has 0 saturated heterocycles. The molecule has 0 bridgehead atoms. The average Bonchev–Trinajstić information content (AvgIpc) is 2.47. The first-order valence-electron chi connectivity index (χ1n) is 6.04. The lowest BCUT2D eigenvalue weighted by Crippen LogP contribution is -2.19. The molecule has 2 rings (SSSR count). The van der Waals surface area contributed by atoms with Crippen molar-refractivity contribution in [3.05, 3.63) is 54.1 Å². The molecule has 0 radical (unpaired) electrons. The maximum absolute atomic E-state index is 11.8. The molecule has 0 aliphatic heterocycles. The Labute approximate surface area is 127 Å². The van der Waals surface area contributed by atoms with Gasteiger partial charge in [0.15, 0.2) is 0 Å². The van der Waals surface area contributed by atoms with Crippen LogP contribution in [0.2, 0.25) is 0 Å². The first-order valence-corrected chi connectivity index (χ1v) is 7.48. The Balaban J connectivity index is 2.07. The first kappa shape index (κ1) is 15.5. The fourth-order valence-corrected chi connectivity index (χ4v) is 2.18. The summed E-state index contributed by atoms with van der Waals surface area (Å²) in [6.45, 7) is 0. The van der Waals surface area contributed by atoms with Crippen LogP contribution in [-0.4, -0.2) is 19.0 Å². The molecule has 0 fully saturated rings. The highest BCUT2D eigenvalue weighted by molar-refractivity contribution is 7.85. The van der Waals surface area contributed by atoms with Gasteiger partial charge in [-0.05, 0) is 42.5 Å². The molecule has 0 saturated carbocycles. The second-order valence-corrected chi connectivity index (χ2v) is 5.69. The third-order valence-corrected chi connectivity index (χ3v) is 3.51. The molecular formula is C14H11N3O4S. The van der Waals surface area contributed by atoms with Gasteiger partial charge >= 0.3 is 6.03 Å². The zero-order chi connectivity index (χ0) is 16.2. The number of nitriles is 1. The van der Waals surface area contributed by atoms with Crippen LogP contribution in [0.3, 0.4) is 0 Å². The van der Waals surface area contributed by atoms with Gasteiger partial charge in [0.2, 0.25) is 0 Å². The number of carbonyl (C=O) groups excluding carboxylic acids is 1. The molecule has 3 N–H and O–H groups in total. The highest BCUT2D eigenvalue weighted by Crippen LogP contribution is 2.16. The molecule has 2 aromatic carbocycles. The zero-order valence-electron chi connectivity index (χ0n) is 11.1. The van der Waals surface area contributed by atoms with Crippen LogP contribution in [0.1, 0.15) is 5.56 Å². The molecule has 22 heavy (non-hydrogen) atoms. The summed E-state index contributed by atoms with van der Waals surface area (Å²) in [6, 6.07) is 12.8. The minimum Gasteiger partial charge on any atom is -0.308 e. The Kier molecular flexibility index (Phi) is 4.41. The van der Waals surface area contributed by atoms with Gasteiger partial charge in [0.1, 0.15) is 0 Å². The van der Waals surface area contributed by atoms with Gasteiger partial charge in [0.05, 0.1) is 16.5 Å². The topological polar surface area (TPSA) is 119 Å². The monoisotopic (exact) mass is 317 g/mol. The van der Waals surface area contributed by atoms with Crippen molar-refractivity contribution < 1.29 is 17.8 Å². The van der Waals surface area contributed by atoms with Crippen LogP contribution >= 0.6 is 0 Å². The maximum Gasteiger partial charge on any atom is 0.323 e. The molecule has 2 aromatic rings. The van der Waals surface area contributed by atoms with E-state index in [-0.39, 0.29) is 10.6 Å².